The number of carbonyl (C=O) groups excluding carboxylic acids is 8. The van der Waals surface area contributed by atoms with Crippen molar-refractivity contribution < 1.29 is 57.3 Å². The first-order chi connectivity index (χ1) is 60.6. The SMILES string of the molecule is CC1(C)CC(=O)C2=C(C1)Nc1nc3ccccc3n1C2c1ccc(C(=O)OCc2cc(COC(=O)c3ccc(C4C5=C(CC(C)(C)CC5=O)Nc5nc6ccccc6n54)cc3)c(COC(=O)c3ccc(C4C5=C(CC(C)(C)CC5=O)Nc5nc6ccccc6n54)cc3)cc2COC(=O)c2ccc(C3C4=C(CC(C)(C)CC4=O)Nc4nc5ccccc5n43)cc2)cc1. The largest absolute Gasteiger partial charge is 0.457 e. The van der Waals surface area contributed by atoms with Crippen LogP contribution in [0.5, 0.6) is 0 Å². The first-order valence-electron chi connectivity index (χ1n) is 42.8. The lowest BCUT2D eigenvalue weighted by Gasteiger charge is -2.39. The van der Waals surface area contributed by atoms with Crippen molar-refractivity contribution in [3.63, 3.8) is 0 Å². The number of rotatable bonds is 16. The first-order valence-corrected chi connectivity index (χ1v) is 42.8. The van der Waals surface area contributed by atoms with Gasteiger partial charge in [0.15, 0.2) is 23.1 Å². The van der Waals surface area contributed by atoms with Crippen molar-refractivity contribution >= 4 is 115 Å². The lowest BCUT2D eigenvalue weighted by atomic mass is 9.73. The number of anilines is 4. The van der Waals surface area contributed by atoms with Gasteiger partial charge < -0.3 is 40.2 Å². The van der Waals surface area contributed by atoms with E-state index < -0.39 is 74.5 Å². The molecule has 4 unspecified atom stereocenters. The van der Waals surface area contributed by atoms with E-state index in [1.807, 2.05) is 164 Å². The van der Waals surface area contributed by atoms with E-state index in [0.717, 1.165) is 89.2 Å². The minimum absolute atomic E-state index is 0.0185. The van der Waals surface area contributed by atoms with E-state index in [1.54, 1.807) is 60.7 Å². The monoisotopic (exact) mass is 1670 g/mol. The summed E-state index contributed by atoms with van der Waals surface area (Å²) in [5.74, 6) is -0.332. The van der Waals surface area contributed by atoms with Gasteiger partial charge in [0.25, 0.3) is 0 Å². The van der Waals surface area contributed by atoms with Gasteiger partial charge in [-0.1, -0.05) is 152 Å². The molecule has 4 aliphatic carbocycles. The number of allylic oxidation sites excluding steroid dienone is 8. The van der Waals surface area contributed by atoms with Crippen molar-refractivity contribution in [3.8, 4) is 0 Å². The van der Waals surface area contributed by atoms with Gasteiger partial charge in [-0.05, 0) is 201 Å². The molecule has 21 rings (SSSR count). The second kappa shape index (κ2) is 29.7. The minimum Gasteiger partial charge on any atom is -0.457 e. The third-order valence-electron chi connectivity index (χ3n) is 26.0. The molecule has 8 heterocycles. The average Bonchev–Trinajstić information content (AvgIpc) is 1.50. The Morgan fingerprint density at radius 3 is 0.698 bits per heavy atom. The van der Waals surface area contributed by atoms with Crippen LogP contribution < -0.4 is 21.3 Å². The Morgan fingerprint density at radius 1 is 0.294 bits per heavy atom. The summed E-state index contributed by atoms with van der Waals surface area (Å²) in [4.78, 5) is 137. The van der Waals surface area contributed by atoms with Gasteiger partial charge in [0.2, 0.25) is 23.8 Å². The summed E-state index contributed by atoms with van der Waals surface area (Å²) >= 11 is 0. The lowest BCUT2D eigenvalue weighted by molar-refractivity contribution is -0.119. The van der Waals surface area contributed by atoms with Gasteiger partial charge in [-0.15, -0.1) is 0 Å². The van der Waals surface area contributed by atoms with Gasteiger partial charge in [0.05, 0.1) is 90.6 Å². The van der Waals surface area contributed by atoms with Crippen LogP contribution in [0.4, 0.5) is 23.8 Å². The molecule has 0 radical (unpaired) electrons. The molecule has 4 atom stereocenters. The minimum atomic E-state index is -0.706. The number of ketones is 4. The molecule has 4 aliphatic heterocycles. The van der Waals surface area contributed by atoms with Crippen LogP contribution in [0.15, 0.2) is 251 Å². The molecule has 630 valence electrons. The molecule has 0 bridgehead atoms. The number of fused-ring (bicyclic) bond motifs is 12. The number of Topliss-reactive ketones (excluding diaryl/α,β-unsaturated/α-hetero) is 4. The smallest absolute Gasteiger partial charge is 0.338 e. The van der Waals surface area contributed by atoms with Crippen LogP contribution in [0, 0.1) is 21.7 Å². The second-order valence-corrected chi connectivity index (χ2v) is 37.8. The van der Waals surface area contributed by atoms with E-state index in [0.29, 0.717) is 120 Å². The van der Waals surface area contributed by atoms with Crippen molar-refractivity contribution in [2.45, 2.75) is 157 Å². The predicted molar refractivity (Wildman–Crippen MR) is 475 cm³/mol. The molecule has 8 aliphatic rings. The number of benzene rings is 9. The first kappa shape index (κ1) is 78.8. The van der Waals surface area contributed by atoms with Crippen molar-refractivity contribution in [2.24, 2.45) is 21.7 Å². The van der Waals surface area contributed by atoms with E-state index in [9.17, 15) is 38.4 Å². The fourth-order valence-electron chi connectivity index (χ4n) is 20.4. The number of nitrogens with zero attached hydrogens (tertiary/aromatic N) is 8. The molecule has 0 saturated heterocycles. The summed E-state index contributed by atoms with van der Waals surface area (Å²) in [5, 5.41) is 14.1. The average molecular weight is 1680 g/mol. The highest BCUT2D eigenvalue weighted by molar-refractivity contribution is 6.05. The van der Waals surface area contributed by atoms with Gasteiger partial charge in [0.1, 0.15) is 26.4 Å². The van der Waals surface area contributed by atoms with E-state index in [1.165, 1.54) is 0 Å². The number of carbonyl (C=O) groups is 8. The lowest BCUT2D eigenvalue weighted by Crippen LogP contribution is -2.36. The third kappa shape index (κ3) is 13.8. The summed E-state index contributed by atoms with van der Waals surface area (Å²) in [5.41, 5.74) is 16.2. The zero-order valence-corrected chi connectivity index (χ0v) is 70.9. The van der Waals surface area contributed by atoms with Crippen molar-refractivity contribution in [1.82, 2.24) is 38.2 Å². The number of hydrogen-bond donors (Lipinski definition) is 4. The zero-order chi connectivity index (χ0) is 86.7. The van der Waals surface area contributed by atoms with Crippen LogP contribution in [-0.2, 0) is 64.6 Å². The Balaban J connectivity index is 0.620. The Kier molecular flexibility index (Phi) is 18.6. The number of para-hydroxylation sites is 8. The number of ether oxygens (including phenoxy) is 4. The van der Waals surface area contributed by atoms with Crippen LogP contribution in [-0.4, -0.2) is 85.2 Å². The topological polar surface area (TPSA) is 293 Å². The van der Waals surface area contributed by atoms with E-state index in [4.69, 9.17) is 38.9 Å². The summed E-state index contributed by atoms with van der Waals surface area (Å²) in [6.07, 6.45) is 3.91. The summed E-state index contributed by atoms with van der Waals surface area (Å²) in [6, 6.07) is 60.1. The highest BCUT2D eigenvalue weighted by atomic mass is 16.5. The van der Waals surface area contributed by atoms with Gasteiger partial charge in [0, 0.05) is 70.8 Å². The fraction of sp³-hybridized carbons (Fsp3) is 0.275. The fourth-order valence-corrected chi connectivity index (χ4v) is 20.4. The molecule has 13 aromatic rings. The number of imidazole rings is 4. The van der Waals surface area contributed by atoms with Gasteiger partial charge in [-0.25, -0.2) is 39.1 Å². The van der Waals surface area contributed by atoms with Gasteiger partial charge >= 0.3 is 23.9 Å². The maximum Gasteiger partial charge on any atom is 0.338 e. The van der Waals surface area contributed by atoms with Crippen molar-refractivity contribution in [1.29, 1.82) is 0 Å². The predicted octanol–water partition coefficient (Wildman–Crippen LogP) is 19.1. The molecule has 4 N–H and O–H groups in total. The molecule has 126 heavy (non-hydrogen) atoms. The van der Waals surface area contributed by atoms with Crippen molar-refractivity contribution in [3.05, 3.63) is 318 Å². The van der Waals surface area contributed by atoms with Gasteiger partial charge in [-0.2, -0.15) is 0 Å². The zero-order valence-electron chi connectivity index (χ0n) is 70.9. The van der Waals surface area contributed by atoms with Crippen LogP contribution in [0.2, 0.25) is 0 Å². The molecular formula is C102H90N12O12. The Labute approximate surface area is 724 Å². The molecule has 0 fully saturated rings. The van der Waals surface area contributed by atoms with Crippen molar-refractivity contribution in [2.75, 3.05) is 21.3 Å². The van der Waals surface area contributed by atoms with Crippen LogP contribution in [0.3, 0.4) is 0 Å². The number of aromatic nitrogens is 8. The second-order valence-electron chi connectivity index (χ2n) is 37.8. The molecule has 0 saturated carbocycles. The molecular weight excluding hydrogens is 1590 g/mol. The highest BCUT2D eigenvalue weighted by Crippen LogP contribution is 2.53. The number of hydrogen-bond acceptors (Lipinski definition) is 20. The number of nitrogens with one attached hydrogen (secondary N) is 4. The summed E-state index contributed by atoms with van der Waals surface area (Å²) < 4.78 is 33.4. The Hall–Kier alpha value is -14.4. The molecule has 9 aromatic carbocycles. The van der Waals surface area contributed by atoms with E-state index >= 15 is 0 Å². The molecule has 4 aromatic heterocycles. The Morgan fingerprint density at radius 2 is 0.492 bits per heavy atom. The maximum atomic E-state index is 14.8. The van der Waals surface area contributed by atoms with E-state index in [2.05, 4.69) is 76.7 Å². The summed E-state index contributed by atoms with van der Waals surface area (Å²) in [7, 11) is 0. The van der Waals surface area contributed by atoms with Crippen LogP contribution in [0.25, 0.3) is 44.1 Å². The number of esters is 4. The maximum absolute atomic E-state index is 14.8. The quantitative estimate of drug-likeness (QED) is 0.0516. The standard InChI is InChI=1S/C102H90N12O12/c1-99(2)43-71-83(79(115)47-99)87(111-75-21-13-9-17-67(75)103-95(111)107-71)55-25-33-59(34-26-55)91(119)123-51-63-41-65(53-125-93(121)61-37-29-57(30-38-61)89-85-73(45-101(5,6)49-81(85)117)109-97-105-69-19-11-15-23-77(69)113(89)97)66(54-126-94(122)62-39-31-58(32-40-62)90-86-74(46-102(7,8)50-82(86)118)110-98-106-70-20-12-16-24-78(70)114(90)98)42-64(63)52-124-92(120)60-35-27-56(28-36-60)88-84-72(44-100(3,4)48-80(84)116)108-96-104-68-18-10-14-22-76(68)112(88)96/h9-42,87-90H,43-54H2,1-8H3,(H,103,107)(H,104,108)(H,105,109)(H,106,110). The highest BCUT2D eigenvalue weighted by Gasteiger charge is 2.47. The van der Waals surface area contributed by atoms with Gasteiger partial charge in [-0.3, -0.25) is 37.4 Å². The molecule has 24 nitrogen and oxygen atoms in total. The van der Waals surface area contributed by atoms with Crippen LogP contribution >= 0.6 is 0 Å². The molecule has 24 heteroatoms. The van der Waals surface area contributed by atoms with E-state index in [-0.39, 0.29) is 67.0 Å². The summed E-state index contributed by atoms with van der Waals surface area (Å²) in [6.45, 7) is 15.0. The van der Waals surface area contributed by atoms with Crippen LogP contribution in [0.1, 0.15) is 217 Å². The normalized spacial score (nSPS) is 19.9. The Bertz CT molecular complexity index is 6210. The third-order valence-corrected chi connectivity index (χ3v) is 26.0. The molecule has 0 spiro atoms. The molecule has 0 amide bonds.